The molecule has 0 rings (SSSR count). The summed E-state index contributed by atoms with van der Waals surface area (Å²) in [7, 11) is 0. The van der Waals surface area contributed by atoms with Crippen LogP contribution in [0, 0.1) is 0 Å². The van der Waals surface area contributed by atoms with Crippen LogP contribution in [0.1, 0.15) is 45.4 Å². The molecule has 4 nitrogen and oxygen atoms in total. The molecular formula is C20H30O4. The van der Waals surface area contributed by atoms with Gasteiger partial charge >= 0.3 is 5.97 Å². The van der Waals surface area contributed by atoms with Gasteiger partial charge in [-0.05, 0) is 32.1 Å². The van der Waals surface area contributed by atoms with Gasteiger partial charge in [0.05, 0.1) is 12.2 Å². The van der Waals surface area contributed by atoms with E-state index >= 15 is 0 Å². The number of aliphatic carboxylic acids is 1. The number of hydrogen-bond donors (Lipinski definition) is 3. The fourth-order valence-corrected chi connectivity index (χ4v) is 1.82. The zero-order valence-corrected chi connectivity index (χ0v) is 14.4. The van der Waals surface area contributed by atoms with Crippen molar-refractivity contribution in [1.82, 2.24) is 0 Å². The van der Waals surface area contributed by atoms with Crippen LogP contribution < -0.4 is 0 Å². The molecule has 0 bridgehead atoms. The number of aliphatic hydroxyl groups excluding tert-OH is 2. The number of carboxylic acids is 1. The first-order valence-electron chi connectivity index (χ1n) is 8.45. The van der Waals surface area contributed by atoms with E-state index in [4.69, 9.17) is 5.11 Å². The normalized spacial score (nSPS) is 15.5. The average molecular weight is 334 g/mol. The Kier molecular flexibility index (Phi) is 14.7. The van der Waals surface area contributed by atoms with Crippen LogP contribution >= 0.6 is 0 Å². The summed E-state index contributed by atoms with van der Waals surface area (Å²) in [5.74, 6) is -0.845. The second-order valence-corrected chi connectivity index (χ2v) is 5.40. The molecule has 0 saturated heterocycles. The van der Waals surface area contributed by atoms with Crippen LogP contribution in [0.25, 0.3) is 0 Å². The van der Waals surface area contributed by atoms with Crippen LogP contribution in [0.5, 0.6) is 0 Å². The summed E-state index contributed by atoms with van der Waals surface area (Å²) in [6.45, 7) is 2.09. The van der Waals surface area contributed by atoms with E-state index in [0.29, 0.717) is 19.3 Å². The van der Waals surface area contributed by atoms with E-state index in [-0.39, 0.29) is 6.42 Å². The smallest absolute Gasteiger partial charge is 0.303 e. The maximum absolute atomic E-state index is 10.3. The van der Waals surface area contributed by atoms with Crippen molar-refractivity contribution < 1.29 is 20.1 Å². The molecule has 0 aliphatic carbocycles. The van der Waals surface area contributed by atoms with Crippen molar-refractivity contribution in [2.75, 3.05) is 0 Å². The van der Waals surface area contributed by atoms with E-state index in [2.05, 4.69) is 19.1 Å². The highest BCUT2D eigenvalue weighted by atomic mass is 16.4. The predicted molar refractivity (Wildman–Crippen MR) is 98.7 cm³/mol. The number of carbonyl (C=O) groups is 1. The molecular weight excluding hydrogens is 304 g/mol. The summed E-state index contributed by atoms with van der Waals surface area (Å²) in [4.78, 5) is 10.3. The van der Waals surface area contributed by atoms with E-state index in [9.17, 15) is 15.0 Å². The van der Waals surface area contributed by atoms with Crippen molar-refractivity contribution in [2.24, 2.45) is 0 Å². The second-order valence-electron chi connectivity index (χ2n) is 5.40. The van der Waals surface area contributed by atoms with Crippen LogP contribution in [-0.2, 0) is 4.79 Å². The zero-order chi connectivity index (χ0) is 18.0. The lowest BCUT2D eigenvalue weighted by Gasteiger charge is -2.02. The Bertz CT molecular complexity index is 458. The molecule has 2 atom stereocenters. The molecule has 0 aliphatic heterocycles. The molecule has 0 unspecified atom stereocenters. The molecule has 0 fully saturated rings. The summed E-state index contributed by atoms with van der Waals surface area (Å²) in [6.07, 6.45) is 20.9. The SMILES string of the molecule is CC/C=C\C/C=C\C[C@@H](O)/C=C/C=C/C=C\[C@H](O)CCCC(=O)O. The molecule has 3 N–H and O–H groups in total. The van der Waals surface area contributed by atoms with Gasteiger partial charge in [0.25, 0.3) is 0 Å². The largest absolute Gasteiger partial charge is 0.481 e. The van der Waals surface area contributed by atoms with Gasteiger partial charge in [-0.1, -0.05) is 67.7 Å². The van der Waals surface area contributed by atoms with Gasteiger partial charge in [-0.25, -0.2) is 0 Å². The predicted octanol–water partition coefficient (Wildman–Crippen LogP) is 3.93. The Morgan fingerprint density at radius 3 is 2.17 bits per heavy atom. The third-order valence-corrected chi connectivity index (χ3v) is 3.11. The van der Waals surface area contributed by atoms with Gasteiger partial charge in [0.1, 0.15) is 0 Å². The Balaban J connectivity index is 3.87. The maximum atomic E-state index is 10.3. The molecule has 0 aromatic heterocycles. The van der Waals surface area contributed by atoms with Crippen molar-refractivity contribution in [3.05, 3.63) is 60.8 Å². The summed E-state index contributed by atoms with van der Waals surface area (Å²) in [5, 5.41) is 27.8. The average Bonchev–Trinajstić information content (AvgIpc) is 2.53. The highest BCUT2D eigenvalue weighted by molar-refractivity contribution is 5.66. The molecule has 0 radical (unpaired) electrons. The van der Waals surface area contributed by atoms with Gasteiger partial charge in [0.2, 0.25) is 0 Å². The molecule has 0 saturated carbocycles. The minimum Gasteiger partial charge on any atom is -0.481 e. The number of aliphatic hydroxyl groups is 2. The van der Waals surface area contributed by atoms with E-state index in [1.165, 1.54) is 0 Å². The van der Waals surface area contributed by atoms with Crippen LogP contribution in [0.3, 0.4) is 0 Å². The number of hydrogen-bond acceptors (Lipinski definition) is 3. The summed E-state index contributed by atoms with van der Waals surface area (Å²) in [6, 6.07) is 0. The van der Waals surface area contributed by atoms with Crippen LogP contribution in [-0.4, -0.2) is 33.5 Å². The van der Waals surface area contributed by atoms with Gasteiger partial charge in [-0.3, -0.25) is 4.79 Å². The fraction of sp³-hybridized carbons (Fsp3) is 0.450. The molecule has 24 heavy (non-hydrogen) atoms. The van der Waals surface area contributed by atoms with E-state index in [0.717, 1.165) is 12.8 Å². The lowest BCUT2D eigenvalue weighted by Crippen LogP contribution is -2.03. The first-order chi connectivity index (χ1) is 11.6. The minimum atomic E-state index is -0.845. The molecule has 0 heterocycles. The van der Waals surface area contributed by atoms with Gasteiger partial charge in [-0.15, -0.1) is 0 Å². The van der Waals surface area contributed by atoms with E-state index in [1.54, 1.807) is 36.5 Å². The zero-order valence-electron chi connectivity index (χ0n) is 14.4. The first kappa shape index (κ1) is 22.1. The highest BCUT2D eigenvalue weighted by Gasteiger charge is 2.01. The Hall–Kier alpha value is -1.91. The minimum absolute atomic E-state index is 0.0741. The maximum Gasteiger partial charge on any atom is 0.303 e. The number of rotatable bonds is 13. The van der Waals surface area contributed by atoms with Crippen molar-refractivity contribution >= 4 is 5.97 Å². The Morgan fingerprint density at radius 1 is 0.917 bits per heavy atom. The molecule has 0 spiro atoms. The van der Waals surface area contributed by atoms with Crippen molar-refractivity contribution in [1.29, 1.82) is 0 Å². The molecule has 0 aromatic carbocycles. The number of allylic oxidation sites excluding steroid dienone is 7. The van der Waals surface area contributed by atoms with Gasteiger partial charge in [0.15, 0.2) is 0 Å². The highest BCUT2D eigenvalue weighted by Crippen LogP contribution is 2.02. The summed E-state index contributed by atoms with van der Waals surface area (Å²) in [5.41, 5.74) is 0. The monoisotopic (exact) mass is 334 g/mol. The standard InChI is InChI=1S/C20H30O4/c1-2-3-4-5-6-9-13-18(21)14-10-7-8-11-15-19(22)16-12-17-20(23)24/h3-4,6-11,14-15,18-19,21-22H,2,5,12-13,16-17H2,1H3,(H,23,24)/b4-3-,8-7+,9-6-,14-10+,15-11-/t18-,19+/m1/s1. The van der Waals surface area contributed by atoms with Crippen molar-refractivity contribution in [3.63, 3.8) is 0 Å². The van der Waals surface area contributed by atoms with Gasteiger partial charge in [-0.2, -0.15) is 0 Å². The molecule has 0 aliphatic rings. The number of carboxylic acid groups (broad SMARTS) is 1. The third kappa shape index (κ3) is 16.5. The molecule has 134 valence electrons. The lowest BCUT2D eigenvalue weighted by molar-refractivity contribution is -0.137. The quantitative estimate of drug-likeness (QED) is 0.352. The van der Waals surface area contributed by atoms with Crippen LogP contribution in [0.2, 0.25) is 0 Å². The van der Waals surface area contributed by atoms with Gasteiger partial charge < -0.3 is 15.3 Å². The third-order valence-electron chi connectivity index (χ3n) is 3.11. The van der Waals surface area contributed by atoms with E-state index in [1.807, 2.05) is 12.2 Å². The molecule has 0 amide bonds. The van der Waals surface area contributed by atoms with Crippen molar-refractivity contribution in [3.8, 4) is 0 Å². The van der Waals surface area contributed by atoms with E-state index < -0.39 is 18.2 Å². The van der Waals surface area contributed by atoms with Crippen molar-refractivity contribution in [2.45, 2.75) is 57.7 Å². The topological polar surface area (TPSA) is 77.8 Å². The molecule has 4 heteroatoms. The summed E-state index contributed by atoms with van der Waals surface area (Å²) >= 11 is 0. The second kappa shape index (κ2) is 16.0. The van der Waals surface area contributed by atoms with Crippen LogP contribution in [0.15, 0.2) is 60.8 Å². The first-order valence-corrected chi connectivity index (χ1v) is 8.45. The van der Waals surface area contributed by atoms with Crippen LogP contribution in [0.4, 0.5) is 0 Å². The molecule has 0 aromatic rings. The summed E-state index contributed by atoms with van der Waals surface area (Å²) < 4.78 is 0. The van der Waals surface area contributed by atoms with Gasteiger partial charge in [0, 0.05) is 6.42 Å². The Labute approximate surface area is 145 Å². The fourth-order valence-electron chi connectivity index (χ4n) is 1.82. The lowest BCUT2D eigenvalue weighted by atomic mass is 10.1. The Morgan fingerprint density at radius 2 is 1.54 bits per heavy atom.